The maximum atomic E-state index is 8.91. The molecular weight excluding hydrogens is 164 g/mol. The third kappa shape index (κ3) is 2.19. The molecule has 0 radical (unpaired) electrons. The lowest BCUT2D eigenvalue weighted by Crippen LogP contribution is -2.24. The number of hydrogen-bond acceptors (Lipinski definition) is 2. The van der Waals surface area contributed by atoms with Gasteiger partial charge in [0, 0.05) is 18.2 Å². The van der Waals surface area contributed by atoms with E-state index in [2.05, 4.69) is 0 Å². The van der Waals surface area contributed by atoms with Gasteiger partial charge in [0.15, 0.2) is 0 Å². The molecule has 2 unspecified atom stereocenters. The van der Waals surface area contributed by atoms with Gasteiger partial charge in [-0.1, -0.05) is 17.7 Å². The smallest absolute Gasteiger partial charge is 0.0466 e. The molecule has 1 aliphatic rings. The zero-order valence-electron chi connectivity index (χ0n) is 6.33. The van der Waals surface area contributed by atoms with Crippen LogP contribution in [0.25, 0.3) is 0 Å². The molecule has 0 saturated heterocycles. The Morgan fingerprint density at radius 1 is 1.36 bits per heavy atom. The summed E-state index contributed by atoms with van der Waals surface area (Å²) < 4.78 is 0. The van der Waals surface area contributed by atoms with E-state index in [9.17, 15) is 0 Å². The molecule has 11 heavy (non-hydrogen) atoms. The molecule has 3 heteroatoms. The summed E-state index contributed by atoms with van der Waals surface area (Å²) in [5.74, 6) is 0.347. The van der Waals surface area contributed by atoms with Crippen LogP contribution in [0.1, 0.15) is 12.8 Å². The molecule has 0 amide bonds. The Labute approximate surface area is 71.5 Å². The zero-order chi connectivity index (χ0) is 8.27. The Bertz CT molecular complexity index is 156. The van der Waals surface area contributed by atoms with E-state index in [4.69, 9.17) is 21.8 Å². The molecule has 1 rings (SSSR count). The normalized spacial score (nSPS) is 31.7. The molecule has 0 heterocycles. The molecule has 1 aliphatic carbocycles. The van der Waals surface area contributed by atoms with Crippen molar-refractivity contribution in [3.05, 3.63) is 11.1 Å². The average Bonchev–Trinajstić information content (AvgIpc) is 2.04. The highest BCUT2D eigenvalue weighted by Gasteiger charge is 2.23. The molecule has 0 aromatic rings. The summed E-state index contributed by atoms with van der Waals surface area (Å²) >= 11 is 5.78. The van der Waals surface area contributed by atoms with Gasteiger partial charge in [-0.05, 0) is 24.7 Å². The van der Waals surface area contributed by atoms with Gasteiger partial charge in [0.05, 0.1) is 0 Å². The fraction of sp³-hybridized carbons (Fsp3) is 0.750. The second kappa shape index (κ2) is 4.10. The van der Waals surface area contributed by atoms with E-state index < -0.39 is 0 Å². The summed E-state index contributed by atoms with van der Waals surface area (Å²) in [5.41, 5.74) is 0. The predicted octanol–water partition coefficient (Wildman–Crippen LogP) is 1.12. The quantitative estimate of drug-likeness (QED) is 0.662. The maximum absolute atomic E-state index is 8.91. The van der Waals surface area contributed by atoms with Crippen LogP contribution >= 0.6 is 11.6 Å². The molecule has 0 saturated carbocycles. The third-order valence-electron chi connectivity index (χ3n) is 2.23. The SMILES string of the molecule is OCC1CC=C(Cl)CC1CO. The van der Waals surface area contributed by atoms with Crippen LogP contribution in [0.5, 0.6) is 0 Å². The van der Waals surface area contributed by atoms with Crippen molar-refractivity contribution in [1.29, 1.82) is 0 Å². The number of aliphatic hydroxyl groups excluding tert-OH is 2. The van der Waals surface area contributed by atoms with Crippen molar-refractivity contribution in [2.45, 2.75) is 12.8 Å². The minimum absolute atomic E-state index is 0.120. The average molecular weight is 177 g/mol. The maximum Gasteiger partial charge on any atom is 0.0466 e. The summed E-state index contributed by atoms with van der Waals surface area (Å²) in [6.07, 6.45) is 3.43. The van der Waals surface area contributed by atoms with Crippen molar-refractivity contribution in [1.82, 2.24) is 0 Å². The van der Waals surface area contributed by atoms with Crippen LogP contribution < -0.4 is 0 Å². The molecule has 64 valence electrons. The van der Waals surface area contributed by atoms with Gasteiger partial charge in [-0.15, -0.1) is 0 Å². The van der Waals surface area contributed by atoms with E-state index >= 15 is 0 Å². The minimum atomic E-state index is 0.120. The highest BCUT2D eigenvalue weighted by molar-refractivity contribution is 6.29. The molecule has 0 aromatic heterocycles. The van der Waals surface area contributed by atoms with Crippen LogP contribution in [0.2, 0.25) is 0 Å². The van der Waals surface area contributed by atoms with E-state index in [0.29, 0.717) is 6.42 Å². The molecule has 2 N–H and O–H groups in total. The van der Waals surface area contributed by atoms with Gasteiger partial charge in [-0.2, -0.15) is 0 Å². The van der Waals surface area contributed by atoms with Gasteiger partial charge < -0.3 is 10.2 Å². The number of halogens is 1. The number of aliphatic hydroxyl groups is 2. The van der Waals surface area contributed by atoms with Gasteiger partial charge in [0.1, 0.15) is 0 Å². The molecule has 0 bridgehead atoms. The minimum Gasteiger partial charge on any atom is -0.396 e. The molecular formula is C8H13ClO2. The van der Waals surface area contributed by atoms with Crippen LogP contribution in [0.3, 0.4) is 0 Å². The zero-order valence-corrected chi connectivity index (χ0v) is 7.09. The van der Waals surface area contributed by atoms with Gasteiger partial charge in [0.2, 0.25) is 0 Å². The van der Waals surface area contributed by atoms with Crippen LogP contribution in [0.4, 0.5) is 0 Å². The van der Waals surface area contributed by atoms with Crippen molar-refractivity contribution in [2.75, 3.05) is 13.2 Å². The second-order valence-electron chi connectivity index (χ2n) is 2.98. The first kappa shape index (κ1) is 9.04. The first-order chi connectivity index (χ1) is 5.27. The fourth-order valence-electron chi connectivity index (χ4n) is 1.41. The lowest BCUT2D eigenvalue weighted by molar-refractivity contribution is 0.117. The van der Waals surface area contributed by atoms with E-state index in [1.165, 1.54) is 0 Å². The Morgan fingerprint density at radius 3 is 2.55 bits per heavy atom. The first-order valence-electron chi connectivity index (χ1n) is 3.84. The molecule has 2 nitrogen and oxygen atoms in total. The van der Waals surface area contributed by atoms with Crippen molar-refractivity contribution >= 4 is 11.6 Å². The van der Waals surface area contributed by atoms with Gasteiger partial charge in [-0.3, -0.25) is 0 Å². The fourth-order valence-corrected chi connectivity index (χ4v) is 1.70. The van der Waals surface area contributed by atoms with Gasteiger partial charge in [-0.25, -0.2) is 0 Å². The van der Waals surface area contributed by atoms with E-state index in [-0.39, 0.29) is 25.0 Å². The van der Waals surface area contributed by atoms with Crippen LogP contribution in [-0.2, 0) is 0 Å². The van der Waals surface area contributed by atoms with Crippen LogP contribution in [-0.4, -0.2) is 23.4 Å². The van der Waals surface area contributed by atoms with Crippen molar-refractivity contribution < 1.29 is 10.2 Å². The summed E-state index contributed by atoms with van der Waals surface area (Å²) in [6.45, 7) is 0.265. The van der Waals surface area contributed by atoms with Crippen molar-refractivity contribution in [2.24, 2.45) is 11.8 Å². The van der Waals surface area contributed by atoms with Gasteiger partial charge >= 0.3 is 0 Å². The molecule has 2 atom stereocenters. The Hall–Kier alpha value is -0.0500. The standard InChI is InChI=1S/C8H13ClO2/c9-8-2-1-6(4-10)7(3-8)5-11/h2,6-7,10-11H,1,3-5H2. The lowest BCUT2D eigenvalue weighted by Gasteiger charge is -2.26. The molecule has 0 aromatic carbocycles. The van der Waals surface area contributed by atoms with Crippen molar-refractivity contribution in [3.8, 4) is 0 Å². The van der Waals surface area contributed by atoms with Crippen LogP contribution in [0.15, 0.2) is 11.1 Å². The summed E-state index contributed by atoms with van der Waals surface area (Å²) in [7, 11) is 0. The predicted molar refractivity (Wildman–Crippen MR) is 44.3 cm³/mol. The highest BCUT2D eigenvalue weighted by atomic mass is 35.5. The Kier molecular flexibility index (Phi) is 3.37. The summed E-state index contributed by atoms with van der Waals surface area (Å²) in [6, 6.07) is 0. The monoisotopic (exact) mass is 176 g/mol. The van der Waals surface area contributed by atoms with E-state index in [1.54, 1.807) is 0 Å². The summed E-state index contributed by atoms with van der Waals surface area (Å²) in [5, 5.41) is 18.6. The van der Waals surface area contributed by atoms with Crippen LogP contribution in [0, 0.1) is 11.8 Å². The lowest BCUT2D eigenvalue weighted by atomic mass is 9.84. The highest BCUT2D eigenvalue weighted by Crippen LogP contribution is 2.30. The number of rotatable bonds is 2. The number of allylic oxidation sites excluding steroid dienone is 2. The Balaban J connectivity index is 2.55. The molecule has 0 aliphatic heterocycles. The number of hydrogen-bond donors (Lipinski definition) is 2. The first-order valence-corrected chi connectivity index (χ1v) is 4.22. The third-order valence-corrected chi connectivity index (χ3v) is 2.54. The largest absolute Gasteiger partial charge is 0.396 e. The molecule has 0 spiro atoms. The van der Waals surface area contributed by atoms with Crippen molar-refractivity contribution in [3.63, 3.8) is 0 Å². The topological polar surface area (TPSA) is 40.5 Å². The second-order valence-corrected chi connectivity index (χ2v) is 3.46. The summed E-state index contributed by atoms with van der Waals surface area (Å²) in [4.78, 5) is 0. The molecule has 0 fully saturated rings. The van der Waals surface area contributed by atoms with E-state index in [1.807, 2.05) is 6.08 Å². The van der Waals surface area contributed by atoms with Gasteiger partial charge in [0.25, 0.3) is 0 Å². The Morgan fingerprint density at radius 2 is 2.00 bits per heavy atom. The van der Waals surface area contributed by atoms with E-state index in [0.717, 1.165) is 11.5 Å².